The molecule has 0 saturated heterocycles. The van der Waals surface area contributed by atoms with E-state index >= 15 is 0 Å². The predicted octanol–water partition coefficient (Wildman–Crippen LogP) is 4.10. The minimum absolute atomic E-state index is 0.0521. The lowest BCUT2D eigenvalue weighted by Crippen LogP contribution is -2.44. The first-order chi connectivity index (χ1) is 11.3. The molecule has 2 amide bonds. The van der Waals surface area contributed by atoms with E-state index in [0.717, 1.165) is 25.8 Å². The van der Waals surface area contributed by atoms with Crippen molar-refractivity contribution < 1.29 is 4.79 Å². The summed E-state index contributed by atoms with van der Waals surface area (Å²) >= 11 is 1.73. The van der Waals surface area contributed by atoms with Crippen LogP contribution < -0.4 is 10.6 Å². The summed E-state index contributed by atoms with van der Waals surface area (Å²) in [5, 5.41) is 8.14. The quantitative estimate of drug-likeness (QED) is 0.823. The van der Waals surface area contributed by atoms with Gasteiger partial charge in [0, 0.05) is 23.4 Å². The lowest BCUT2D eigenvalue weighted by atomic mass is 9.79. The number of rotatable bonds is 6. The lowest BCUT2D eigenvalue weighted by Gasteiger charge is -2.30. The molecular weight excluding hydrogens is 304 g/mol. The van der Waals surface area contributed by atoms with Gasteiger partial charge in [-0.1, -0.05) is 49.2 Å². The van der Waals surface area contributed by atoms with E-state index in [2.05, 4.69) is 52.4 Å². The molecule has 0 aliphatic heterocycles. The van der Waals surface area contributed by atoms with E-state index in [-0.39, 0.29) is 11.4 Å². The summed E-state index contributed by atoms with van der Waals surface area (Å²) in [6.07, 6.45) is 5.71. The molecule has 0 radical (unpaired) electrons. The maximum absolute atomic E-state index is 12.1. The molecule has 1 aliphatic rings. The van der Waals surface area contributed by atoms with E-state index in [1.807, 2.05) is 6.07 Å². The van der Waals surface area contributed by atoms with Crippen LogP contribution in [0.5, 0.6) is 0 Å². The van der Waals surface area contributed by atoms with Gasteiger partial charge in [0.25, 0.3) is 0 Å². The second-order valence-electron chi connectivity index (χ2n) is 6.29. The van der Waals surface area contributed by atoms with Gasteiger partial charge >= 0.3 is 6.03 Å². The largest absolute Gasteiger partial charge is 0.338 e. The molecule has 1 heterocycles. The van der Waals surface area contributed by atoms with Gasteiger partial charge in [-0.25, -0.2) is 4.79 Å². The Morgan fingerprint density at radius 1 is 1.04 bits per heavy atom. The standard InChI is InChI=1S/C19H24N2OS/c22-18(20-13-10-17-9-6-14-23-17)21-15-19(11-4-5-12-19)16-7-2-1-3-8-16/h1-3,6-9,14H,4-5,10-13,15H2,(H2,20,21,22). The molecule has 3 nitrogen and oxygen atoms in total. The molecule has 0 atom stereocenters. The van der Waals surface area contributed by atoms with E-state index in [9.17, 15) is 4.79 Å². The molecule has 1 aromatic heterocycles. The molecule has 4 heteroatoms. The highest BCUT2D eigenvalue weighted by atomic mass is 32.1. The Balaban J connectivity index is 1.50. The van der Waals surface area contributed by atoms with Crippen LogP contribution in [0.2, 0.25) is 0 Å². The zero-order valence-corrected chi connectivity index (χ0v) is 14.2. The van der Waals surface area contributed by atoms with Crippen LogP contribution in [0.25, 0.3) is 0 Å². The van der Waals surface area contributed by atoms with Gasteiger partial charge in [0.05, 0.1) is 0 Å². The molecule has 1 saturated carbocycles. The Labute approximate surface area is 142 Å². The number of nitrogens with one attached hydrogen (secondary N) is 2. The van der Waals surface area contributed by atoms with Gasteiger partial charge in [-0.15, -0.1) is 11.3 Å². The fraction of sp³-hybridized carbons (Fsp3) is 0.421. The third kappa shape index (κ3) is 4.14. The topological polar surface area (TPSA) is 41.1 Å². The van der Waals surface area contributed by atoms with Crippen LogP contribution in [0.15, 0.2) is 47.8 Å². The summed E-state index contributed by atoms with van der Waals surface area (Å²) in [5.74, 6) is 0. The first-order valence-electron chi connectivity index (χ1n) is 8.38. The Hall–Kier alpha value is -1.81. The number of carbonyl (C=O) groups is 1. The van der Waals surface area contributed by atoms with Gasteiger partial charge in [-0.3, -0.25) is 0 Å². The van der Waals surface area contributed by atoms with Crippen molar-refractivity contribution in [2.24, 2.45) is 0 Å². The summed E-state index contributed by atoms with van der Waals surface area (Å²) in [6, 6.07) is 14.7. The molecule has 3 rings (SSSR count). The van der Waals surface area contributed by atoms with Crippen LogP contribution in [0, 0.1) is 0 Å². The number of benzene rings is 1. The third-order valence-electron chi connectivity index (χ3n) is 4.77. The van der Waals surface area contributed by atoms with E-state index in [1.54, 1.807) is 11.3 Å². The molecule has 1 fully saturated rings. The third-order valence-corrected chi connectivity index (χ3v) is 5.71. The second-order valence-corrected chi connectivity index (χ2v) is 7.32. The van der Waals surface area contributed by atoms with Crippen molar-refractivity contribution in [3.8, 4) is 0 Å². The van der Waals surface area contributed by atoms with Crippen LogP contribution in [-0.2, 0) is 11.8 Å². The monoisotopic (exact) mass is 328 g/mol. The van der Waals surface area contributed by atoms with Gasteiger partial charge in [0.1, 0.15) is 0 Å². The van der Waals surface area contributed by atoms with E-state index in [1.165, 1.54) is 23.3 Å². The number of hydrogen-bond donors (Lipinski definition) is 2. The first kappa shape index (κ1) is 16.1. The van der Waals surface area contributed by atoms with Crippen molar-refractivity contribution in [2.75, 3.05) is 13.1 Å². The van der Waals surface area contributed by atoms with Crippen LogP contribution in [0.1, 0.15) is 36.1 Å². The number of thiophene rings is 1. The Kier molecular flexibility index (Phi) is 5.34. The molecule has 0 spiro atoms. The van der Waals surface area contributed by atoms with Gasteiger partial charge in [-0.05, 0) is 36.3 Å². The van der Waals surface area contributed by atoms with E-state index in [0.29, 0.717) is 6.54 Å². The molecule has 2 aromatic rings. The summed E-state index contributed by atoms with van der Waals surface area (Å²) in [6.45, 7) is 1.41. The van der Waals surface area contributed by atoms with Crippen LogP contribution in [0.4, 0.5) is 4.79 Å². The zero-order chi connectivity index (χ0) is 16.0. The predicted molar refractivity (Wildman–Crippen MR) is 96.0 cm³/mol. The molecule has 0 bridgehead atoms. The molecule has 1 aromatic carbocycles. The summed E-state index contributed by atoms with van der Waals surface area (Å²) in [5.41, 5.74) is 1.48. The van der Waals surface area contributed by atoms with Crippen molar-refractivity contribution in [2.45, 2.75) is 37.5 Å². The maximum Gasteiger partial charge on any atom is 0.314 e. The highest BCUT2D eigenvalue weighted by Crippen LogP contribution is 2.40. The van der Waals surface area contributed by atoms with Crippen molar-refractivity contribution in [1.29, 1.82) is 0 Å². The Morgan fingerprint density at radius 3 is 2.52 bits per heavy atom. The number of carbonyl (C=O) groups excluding carboxylic acids is 1. The number of hydrogen-bond acceptors (Lipinski definition) is 2. The van der Waals surface area contributed by atoms with Crippen molar-refractivity contribution in [1.82, 2.24) is 10.6 Å². The smallest absolute Gasteiger partial charge is 0.314 e. The second kappa shape index (κ2) is 7.64. The van der Waals surface area contributed by atoms with Crippen molar-refractivity contribution >= 4 is 17.4 Å². The molecular formula is C19H24N2OS. The van der Waals surface area contributed by atoms with Gasteiger partial charge in [0.2, 0.25) is 0 Å². The van der Waals surface area contributed by atoms with Gasteiger partial charge in [-0.2, -0.15) is 0 Å². The highest BCUT2D eigenvalue weighted by molar-refractivity contribution is 7.09. The van der Waals surface area contributed by atoms with Gasteiger partial charge in [0.15, 0.2) is 0 Å². The first-order valence-corrected chi connectivity index (χ1v) is 9.26. The maximum atomic E-state index is 12.1. The molecule has 0 unspecified atom stereocenters. The lowest BCUT2D eigenvalue weighted by molar-refractivity contribution is 0.237. The average Bonchev–Trinajstić information content (AvgIpc) is 3.26. The number of amides is 2. The minimum Gasteiger partial charge on any atom is -0.338 e. The van der Waals surface area contributed by atoms with E-state index < -0.39 is 0 Å². The fourth-order valence-corrected chi connectivity index (χ4v) is 4.19. The molecule has 1 aliphatic carbocycles. The van der Waals surface area contributed by atoms with Gasteiger partial charge < -0.3 is 10.6 Å². The highest BCUT2D eigenvalue weighted by Gasteiger charge is 2.35. The molecule has 122 valence electrons. The normalized spacial score (nSPS) is 16.2. The minimum atomic E-state index is -0.0521. The zero-order valence-electron chi connectivity index (χ0n) is 13.4. The fourth-order valence-electron chi connectivity index (χ4n) is 3.48. The summed E-state index contributed by atoms with van der Waals surface area (Å²) in [4.78, 5) is 13.4. The van der Waals surface area contributed by atoms with Crippen molar-refractivity contribution in [3.63, 3.8) is 0 Å². The van der Waals surface area contributed by atoms with Crippen molar-refractivity contribution in [3.05, 3.63) is 58.3 Å². The van der Waals surface area contributed by atoms with E-state index in [4.69, 9.17) is 0 Å². The van der Waals surface area contributed by atoms with Crippen LogP contribution in [-0.4, -0.2) is 19.1 Å². The SMILES string of the molecule is O=C(NCCc1cccs1)NCC1(c2ccccc2)CCCC1. The van der Waals surface area contributed by atoms with Crippen LogP contribution >= 0.6 is 11.3 Å². The molecule has 2 N–H and O–H groups in total. The number of urea groups is 1. The molecule has 23 heavy (non-hydrogen) atoms. The summed E-state index contributed by atoms with van der Waals surface area (Å²) in [7, 11) is 0. The summed E-state index contributed by atoms with van der Waals surface area (Å²) < 4.78 is 0. The Bertz CT molecular complexity index is 604. The van der Waals surface area contributed by atoms with Crippen LogP contribution in [0.3, 0.4) is 0 Å². The Morgan fingerprint density at radius 2 is 1.83 bits per heavy atom. The average molecular weight is 328 g/mol.